The summed E-state index contributed by atoms with van der Waals surface area (Å²) in [6, 6.07) is 8.47. The van der Waals surface area contributed by atoms with Crippen LogP contribution < -0.4 is 10.1 Å². The molecule has 22 heavy (non-hydrogen) atoms. The van der Waals surface area contributed by atoms with E-state index in [4.69, 9.17) is 25.2 Å². The summed E-state index contributed by atoms with van der Waals surface area (Å²) in [6.45, 7) is 0. The van der Waals surface area contributed by atoms with Gasteiger partial charge in [0.2, 0.25) is 0 Å². The van der Waals surface area contributed by atoms with Crippen molar-refractivity contribution in [2.75, 3.05) is 12.4 Å². The molecule has 0 aliphatic heterocycles. The molecule has 107 valence electrons. The van der Waals surface area contributed by atoms with Gasteiger partial charge in [-0.1, -0.05) is 0 Å². The first kappa shape index (κ1) is 16.1. The van der Waals surface area contributed by atoms with Gasteiger partial charge in [-0.05, 0) is 0 Å². The van der Waals surface area contributed by atoms with E-state index < -0.39 is 5.97 Å². The second kappa shape index (κ2) is 7.16. The number of carbonyl (C=O) groups excluding carboxylic acids is 1. The SMILES string of the molecule is COc1c(C#N)cccc1Nc1cc(Cl)nnc1C(=O)[O][Zn]. The van der Waals surface area contributed by atoms with Gasteiger partial charge in [-0.2, -0.15) is 0 Å². The van der Waals surface area contributed by atoms with E-state index in [2.05, 4.69) is 15.5 Å². The number of nitriles is 1. The van der Waals surface area contributed by atoms with Crippen LogP contribution in [0, 0.1) is 11.3 Å². The van der Waals surface area contributed by atoms with Crippen LogP contribution in [0.15, 0.2) is 24.3 Å². The van der Waals surface area contributed by atoms with Crippen molar-refractivity contribution in [3.05, 3.63) is 40.7 Å². The van der Waals surface area contributed by atoms with Gasteiger partial charge in [0, 0.05) is 0 Å². The molecule has 7 nitrogen and oxygen atoms in total. The number of methoxy groups -OCH3 is 1. The second-order valence-electron chi connectivity index (χ2n) is 3.98. The summed E-state index contributed by atoms with van der Waals surface area (Å²) in [5.74, 6) is -0.260. The fraction of sp³-hybridized carbons (Fsp3) is 0.0769. The molecule has 1 N–H and O–H groups in total. The van der Waals surface area contributed by atoms with Gasteiger partial charge in [0.1, 0.15) is 0 Å². The molecule has 0 radical (unpaired) electrons. The molecular weight excluding hydrogens is 361 g/mol. The minimum atomic E-state index is -0.609. The van der Waals surface area contributed by atoms with Crippen LogP contribution in [0.4, 0.5) is 11.4 Å². The molecule has 2 rings (SSSR count). The Morgan fingerprint density at radius 2 is 2.18 bits per heavy atom. The molecular formula is C13H8ClN4O3Zn. The molecule has 0 spiro atoms. The zero-order chi connectivity index (χ0) is 16.1. The van der Waals surface area contributed by atoms with Crippen LogP contribution in [-0.2, 0) is 22.2 Å². The van der Waals surface area contributed by atoms with Gasteiger partial charge in [0.25, 0.3) is 0 Å². The Labute approximate surface area is 141 Å². The molecule has 1 heterocycles. The van der Waals surface area contributed by atoms with Gasteiger partial charge in [-0.15, -0.1) is 0 Å². The molecule has 0 amide bonds. The molecule has 0 saturated heterocycles. The number of ether oxygens (including phenoxy) is 1. The molecule has 0 unspecified atom stereocenters. The number of halogens is 1. The molecule has 0 aliphatic rings. The topological polar surface area (TPSA) is 97.1 Å². The average molecular weight is 369 g/mol. The number of hydrogen-bond donors (Lipinski definition) is 1. The summed E-state index contributed by atoms with van der Waals surface area (Å²) in [4.78, 5) is 11.8. The van der Waals surface area contributed by atoms with Crippen molar-refractivity contribution in [3.8, 4) is 11.8 Å². The second-order valence-corrected chi connectivity index (χ2v) is 4.98. The van der Waals surface area contributed by atoms with E-state index in [-0.39, 0.29) is 10.8 Å². The zero-order valence-electron chi connectivity index (χ0n) is 11.5. The fourth-order valence-electron chi connectivity index (χ4n) is 1.77. The molecule has 0 aliphatic carbocycles. The van der Waals surface area contributed by atoms with Crippen LogP contribution in [0.2, 0.25) is 5.15 Å². The van der Waals surface area contributed by atoms with Crippen molar-refractivity contribution in [1.82, 2.24) is 10.2 Å². The Balaban J connectivity index is 2.50. The molecule has 0 saturated carbocycles. The first-order chi connectivity index (χ1) is 10.6. The monoisotopic (exact) mass is 367 g/mol. The van der Waals surface area contributed by atoms with Gasteiger partial charge in [-0.25, -0.2) is 0 Å². The maximum absolute atomic E-state index is 11.8. The van der Waals surface area contributed by atoms with E-state index >= 15 is 0 Å². The standard InChI is InChI=1S/C13H9ClN4O3.Zn/c1-21-12-7(6-15)3-2-4-8(12)16-9-5-10(14)17-18-11(9)13(19)20;/h2-5H,1H3,(H,16,17)(H,19,20);/q;+1/p-1. The van der Waals surface area contributed by atoms with Gasteiger partial charge in [0.05, 0.1) is 0 Å². The van der Waals surface area contributed by atoms with Crippen molar-refractivity contribution in [2.45, 2.75) is 0 Å². The molecule has 2 aromatic rings. The van der Waals surface area contributed by atoms with Crippen molar-refractivity contribution in [2.24, 2.45) is 0 Å². The predicted octanol–water partition coefficient (Wildman–Crippen LogP) is 2.37. The molecule has 0 fully saturated rings. The molecule has 0 bridgehead atoms. The summed E-state index contributed by atoms with van der Waals surface area (Å²) in [7, 11) is 1.45. The van der Waals surface area contributed by atoms with E-state index in [0.29, 0.717) is 41.4 Å². The number of para-hydroxylation sites is 1. The van der Waals surface area contributed by atoms with Crippen LogP contribution >= 0.6 is 11.6 Å². The third-order valence-electron chi connectivity index (χ3n) is 2.70. The van der Waals surface area contributed by atoms with Crippen LogP contribution in [0.5, 0.6) is 5.75 Å². The number of aromatic nitrogens is 2. The summed E-state index contributed by atoms with van der Waals surface area (Å²) in [5.41, 5.74) is 1.16. The van der Waals surface area contributed by atoms with Crippen molar-refractivity contribution < 1.29 is 31.8 Å². The maximum atomic E-state index is 11.8. The summed E-state index contributed by atoms with van der Waals surface area (Å²) in [5, 5.41) is 19.5. The third-order valence-corrected chi connectivity index (χ3v) is 3.43. The Morgan fingerprint density at radius 3 is 2.82 bits per heavy atom. The summed E-state index contributed by atoms with van der Waals surface area (Å²) in [6.07, 6.45) is 0. The van der Waals surface area contributed by atoms with Crippen molar-refractivity contribution >= 4 is 28.9 Å². The molecule has 1 aromatic carbocycles. The molecule has 9 heteroatoms. The van der Waals surface area contributed by atoms with Gasteiger partial charge >= 0.3 is 141 Å². The number of hydrogen-bond acceptors (Lipinski definition) is 7. The first-order valence-corrected chi connectivity index (χ1v) is 7.53. The van der Waals surface area contributed by atoms with Crippen LogP contribution in [0.1, 0.15) is 16.1 Å². The van der Waals surface area contributed by atoms with E-state index in [1.807, 2.05) is 6.07 Å². The number of nitrogens with one attached hydrogen (secondary N) is 1. The number of benzene rings is 1. The number of rotatable bonds is 4. The van der Waals surface area contributed by atoms with Gasteiger partial charge in [-0.3, -0.25) is 0 Å². The number of nitrogens with zero attached hydrogens (tertiary/aromatic N) is 3. The molecule has 0 atom stereocenters. The Morgan fingerprint density at radius 1 is 1.41 bits per heavy atom. The Bertz CT molecular complexity index is 763. The predicted molar refractivity (Wildman–Crippen MR) is 73.4 cm³/mol. The number of carbonyl (C=O) groups is 1. The first-order valence-electron chi connectivity index (χ1n) is 5.94. The fourth-order valence-corrected chi connectivity index (χ4v) is 2.20. The van der Waals surface area contributed by atoms with Crippen LogP contribution in [0.25, 0.3) is 0 Å². The summed E-state index contributed by atoms with van der Waals surface area (Å²) >= 11 is 6.15. The van der Waals surface area contributed by atoms with Gasteiger partial charge in [0.15, 0.2) is 0 Å². The van der Waals surface area contributed by atoms with E-state index in [9.17, 15) is 4.79 Å². The average Bonchev–Trinajstić information content (AvgIpc) is 2.54. The third kappa shape index (κ3) is 3.33. The normalized spacial score (nSPS) is 9.77. The van der Waals surface area contributed by atoms with Crippen LogP contribution in [-0.4, -0.2) is 23.3 Å². The van der Waals surface area contributed by atoms with Crippen LogP contribution in [0.3, 0.4) is 0 Å². The number of anilines is 2. The minimum absolute atomic E-state index is 0.0000591. The molecule has 1 aromatic heterocycles. The van der Waals surface area contributed by atoms with E-state index in [1.165, 1.54) is 13.2 Å². The van der Waals surface area contributed by atoms with Crippen molar-refractivity contribution in [3.63, 3.8) is 0 Å². The van der Waals surface area contributed by atoms with E-state index in [0.717, 1.165) is 0 Å². The van der Waals surface area contributed by atoms with Gasteiger partial charge < -0.3 is 0 Å². The Hall–Kier alpha value is -2.23. The van der Waals surface area contributed by atoms with E-state index in [1.54, 1.807) is 18.2 Å². The Kier molecular flexibility index (Phi) is 5.26. The summed E-state index contributed by atoms with van der Waals surface area (Å²) < 4.78 is 10.0. The zero-order valence-corrected chi connectivity index (χ0v) is 15.2. The van der Waals surface area contributed by atoms with Crippen molar-refractivity contribution in [1.29, 1.82) is 5.26 Å². The quantitative estimate of drug-likeness (QED) is 0.827.